The van der Waals surface area contributed by atoms with Gasteiger partial charge in [-0.2, -0.15) is 0 Å². The van der Waals surface area contributed by atoms with E-state index in [1.54, 1.807) is 0 Å². The molecule has 0 aliphatic heterocycles. The largest absolute Gasteiger partial charge is 0.264 e. The summed E-state index contributed by atoms with van der Waals surface area (Å²) < 4.78 is 0. The van der Waals surface area contributed by atoms with Crippen LogP contribution in [-0.2, 0) is 5.41 Å². The van der Waals surface area contributed by atoms with Crippen LogP contribution in [-0.4, -0.2) is 24.9 Å². The van der Waals surface area contributed by atoms with Gasteiger partial charge >= 0.3 is 0 Å². The van der Waals surface area contributed by atoms with Gasteiger partial charge in [0.05, 0.1) is 16.6 Å². The zero-order chi connectivity index (χ0) is 41.7. The van der Waals surface area contributed by atoms with Crippen LogP contribution in [0.5, 0.6) is 0 Å². The van der Waals surface area contributed by atoms with Gasteiger partial charge in [-0.25, -0.2) is 19.9 Å². The summed E-state index contributed by atoms with van der Waals surface area (Å²) in [6.07, 6.45) is 3.79. The summed E-state index contributed by atoms with van der Waals surface area (Å²) in [5.74, 6) is 1.79. The van der Waals surface area contributed by atoms with Crippen LogP contribution in [0.3, 0.4) is 0 Å². The summed E-state index contributed by atoms with van der Waals surface area (Å²) in [5.41, 5.74) is 14.4. The molecule has 294 valence electrons. The molecular formula is C58H37N5. The maximum Gasteiger partial charge on any atom is 0.164 e. The van der Waals surface area contributed by atoms with Gasteiger partial charge in [0, 0.05) is 45.4 Å². The lowest BCUT2D eigenvalue weighted by Crippen LogP contribution is -2.28. The minimum absolute atomic E-state index is 0.493. The van der Waals surface area contributed by atoms with Gasteiger partial charge in [-0.15, -0.1) is 0 Å². The fourth-order valence-electron chi connectivity index (χ4n) is 9.64. The highest BCUT2D eigenvalue weighted by Crippen LogP contribution is 2.56. The molecule has 1 aliphatic rings. The van der Waals surface area contributed by atoms with Crippen LogP contribution >= 0.6 is 0 Å². The van der Waals surface area contributed by atoms with Crippen molar-refractivity contribution >= 4 is 21.7 Å². The molecule has 0 atom stereocenters. The van der Waals surface area contributed by atoms with Gasteiger partial charge in [0.15, 0.2) is 17.5 Å². The van der Waals surface area contributed by atoms with Gasteiger partial charge in [-0.3, -0.25) is 4.98 Å². The molecule has 0 saturated heterocycles. The number of benzene rings is 8. The summed E-state index contributed by atoms with van der Waals surface area (Å²) in [6.45, 7) is 0. The van der Waals surface area contributed by atoms with Gasteiger partial charge < -0.3 is 0 Å². The third-order valence-corrected chi connectivity index (χ3v) is 12.5. The van der Waals surface area contributed by atoms with E-state index in [9.17, 15) is 0 Å². The van der Waals surface area contributed by atoms with Gasteiger partial charge in [0.2, 0.25) is 0 Å². The molecule has 5 nitrogen and oxygen atoms in total. The van der Waals surface area contributed by atoms with Gasteiger partial charge in [0.25, 0.3) is 0 Å². The first-order valence-electron chi connectivity index (χ1n) is 21.2. The lowest BCUT2D eigenvalue weighted by molar-refractivity contribution is 0.768. The van der Waals surface area contributed by atoms with Crippen molar-refractivity contribution in [2.75, 3.05) is 0 Å². The highest BCUT2D eigenvalue weighted by Gasteiger charge is 2.46. The molecule has 3 heterocycles. The minimum atomic E-state index is -0.493. The van der Waals surface area contributed by atoms with Gasteiger partial charge in [-0.05, 0) is 86.3 Å². The molecule has 0 bridgehead atoms. The molecule has 1 aliphatic carbocycles. The molecule has 63 heavy (non-hydrogen) atoms. The number of rotatable bonds is 7. The van der Waals surface area contributed by atoms with Crippen LogP contribution in [0.4, 0.5) is 0 Å². The second-order valence-electron chi connectivity index (χ2n) is 16.0. The first-order valence-corrected chi connectivity index (χ1v) is 21.2. The molecule has 0 amide bonds. The molecule has 12 rings (SSSR count). The summed E-state index contributed by atoms with van der Waals surface area (Å²) in [4.78, 5) is 25.4. The lowest BCUT2D eigenvalue weighted by Gasteiger charge is -2.33. The molecule has 11 aromatic rings. The van der Waals surface area contributed by atoms with E-state index in [-0.39, 0.29) is 0 Å². The Labute approximate surface area is 365 Å². The number of para-hydroxylation sites is 1. The van der Waals surface area contributed by atoms with Crippen molar-refractivity contribution in [3.63, 3.8) is 0 Å². The molecule has 0 fully saturated rings. The average Bonchev–Trinajstić information content (AvgIpc) is 3.67. The monoisotopic (exact) mass is 803 g/mol. The smallest absolute Gasteiger partial charge is 0.164 e. The van der Waals surface area contributed by atoms with Crippen LogP contribution in [0, 0.1) is 0 Å². The van der Waals surface area contributed by atoms with Crippen LogP contribution in [0.25, 0.3) is 89.4 Å². The number of hydrogen-bond acceptors (Lipinski definition) is 5. The second-order valence-corrected chi connectivity index (χ2v) is 16.0. The highest BCUT2D eigenvalue weighted by atomic mass is 15.0. The minimum Gasteiger partial charge on any atom is -0.264 e. The maximum atomic E-state index is 5.35. The molecule has 8 aromatic carbocycles. The number of pyridine rings is 2. The summed E-state index contributed by atoms with van der Waals surface area (Å²) >= 11 is 0. The van der Waals surface area contributed by atoms with Crippen molar-refractivity contribution in [3.05, 3.63) is 247 Å². The number of hydrogen-bond donors (Lipinski definition) is 0. The first-order chi connectivity index (χ1) is 31.2. The van der Waals surface area contributed by atoms with Gasteiger partial charge in [-0.1, -0.05) is 176 Å². The standard InChI is InChI=1S/C58H37N5/c1-5-17-38(18-6-1)55-61-56(39-19-7-2-8-20-39)63-57(62-55)43-34-41(33-42(35-43)54-50-37-59-32-31-46(50)48-26-14-16-28-53(48)60-54)40-29-30-52-49(36-40)47-25-13-15-27-51(47)58(52,44-21-9-3-10-22-44)45-23-11-4-12-24-45/h1-37H. The van der Waals surface area contributed by atoms with E-state index in [0.29, 0.717) is 17.5 Å². The average molecular weight is 804 g/mol. The summed E-state index contributed by atoms with van der Waals surface area (Å²) in [6, 6.07) is 75.0. The molecule has 0 radical (unpaired) electrons. The van der Waals surface area contributed by atoms with Gasteiger partial charge in [0.1, 0.15) is 0 Å². The van der Waals surface area contributed by atoms with Crippen molar-refractivity contribution < 1.29 is 0 Å². The molecule has 0 N–H and O–H groups in total. The zero-order valence-electron chi connectivity index (χ0n) is 34.1. The Morgan fingerprint density at radius 1 is 0.317 bits per heavy atom. The summed E-state index contributed by atoms with van der Waals surface area (Å²) in [7, 11) is 0. The lowest BCUT2D eigenvalue weighted by atomic mass is 9.67. The van der Waals surface area contributed by atoms with E-state index < -0.39 is 5.41 Å². The van der Waals surface area contributed by atoms with Crippen LogP contribution in [0.1, 0.15) is 22.3 Å². The first kappa shape index (κ1) is 36.4. The van der Waals surface area contributed by atoms with Crippen molar-refractivity contribution in [2.24, 2.45) is 0 Å². The molecule has 0 saturated carbocycles. The predicted octanol–water partition coefficient (Wildman–Crippen LogP) is 13.7. The van der Waals surface area contributed by atoms with Crippen LogP contribution in [0.15, 0.2) is 225 Å². The number of fused-ring (bicyclic) bond motifs is 6. The van der Waals surface area contributed by atoms with Crippen molar-refractivity contribution in [3.8, 4) is 67.7 Å². The Morgan fingerprint density at radius 2 is 0.857 bits per heavy atom. The SMILES string of the molecule is c1ccc(-c2nc(-c3ccccc3)nc(-c3cc(-c4ccc5c(c4)-c4ccccc4C5(c4ccccc4)c4ccccc4)cc(-c4nc5ccccc5c5ccncc45)c3)n2)cc1. The fraction of sp³-hybridized carbons (Fsp3) is 0.0172. The van der Waals surface area contributed by atoms with Crippen molar-refractivity contribution in [1.29, 1.82) is 0 Å². The van der Waals surface area contributed by atoms with E-state index in [1.165, 1.54) is 33.4 Å². The number of nitrogens with zero attached hydrogens (tertiary/aromatic N) is 5. The van der Waals surface area contributed by atoms with Crippen molar-refractivity contribution in [1.82, 2.24) is 24.9 Å². The Bertz CT molecular complexity index is 3400. The maximum absolute atomic E-state index is 5.35. The quantitative estimate of drug-likeness (QED) is 0.150. The Hall–Kier alpha value is -8.41. The fourth-order valence-corrected chi connectivity index (χ4v) is 9.64. The summed E-state index contributed by atoms with van der Waals surface area (Å²) in [5, 5.41) is 3.16. The van der Waals surface area contributed by atoms with Crippen molar-refractivity contribution in [2.45, 2.75) is 5.41 Å². The van der Waals surface area contributed by atoms with E-state index in [0.717, 1.165) is 60.8 Å². The molecule has 3 aromatic heterocycles. The molecule has 5 heteroatoms. The predicted molar refractivity (Wildman–Crippen MR) is 255 cm³/mol. The molecule has 0 spiro atoms. The topological polar surface area (TPSA) is 64.5 Å². The van der Waals surface area contributed by atoms with E-state index in [1.807, 2.05) is 79.1 Å². The van der Waals surface area contributed by atoms with E-state index in [2.05, 4.69) is 151 Å². The Morgan fingerprint density at radius 3 is 1.54 bits per heavy atom. The molecular weight excluding hydrogens is 767 g/mol. The Balaban J connectivity index is 1.12. The van der Waals surface area contributed by atoms with E-state index in [4.69, 9.17) is 19.9 Å². The Kier molecular flexibility index (Phi) is 8.64. The normalized spacial score (nSPS) is 12.6. The third kappa shape index (κ3) is 6.05. The number of aromatic nitrogens is 5. The zero-order valence-corrected chi connectivity index (χ0v) is 34.1. The van der Waals surface area contributed by atoms with Crippen LogP contribution in [0.2, 0.25) is 0 Å². The van der Waals surface area contributed by atoms with E-state index >= 15 is 0 Å². The second kappa shape index (κ2) is 14.9. The third-order valence-electron chi connectivity index (χ3n) is 12.5. The van der Waals surface area contributed by atoms with Crippen LogP contribution < -0.4 is 0 Å². The molecule has 0 unspecified atom stereocenters. The highest BCUT2D eigenvalue weighted by molar-refractivity contribution is 6.11.